The standard InChI is InChI=1S/C28H43NO12Si/c1-16(30)38-22-23(39-17(2)31)25(40-18(3)32)27(41-24(22)26(33)34-7)36-13-12-35-21-14-20(29)11-10-19(21)15-37-42(8,9)28(4,5)6/h10-11,14,22-25,27H,12-13,15,29H2,1-9H3/t22-,23-,24-,25+,27?/m0/s1. The zero-order valence-corrected chi connectivity index (χ0v) is 26.7. The lowest BCUT2D eigenvalue weighted by atomic mass is 9.97. The van der Waals surface area contributed by atoms with Crippen LogP contribution in [-0.2, 0) is 58.6 Å². The van der Waals surface area contributed by atoms with E-state index in [1.54, 1.807) is 12.1 Å². The van der Waals surface area contributed by atoms with E-state index in [0.717, 1.165) is 33.4 Å². The first-order valence-corrected chi connectivity index (χ1v) is 16.4. The summed E-state index contributed by atoms with van der Waals surface area (Å²) in [7, 11) is -0.926. The van der Waals surface area contributed by atoms with Crippen LogP contribution in [0.4, 0.5) is 5.69 Å². The third-order valence-corrected chi connectivity index (χ3v) is 11.4. The molecule has 1 aromatic carbocycles. The van der Waals surface area contributed by atoms with E-state index in [9.17, 15) is 19.2 Å². The van der Waals surface area contributed by atoms with Gasteiger partial charge in [-0.05, 0) is 24.2 Å². The molecule has 1 aromatic rings. The number of esters is 4. The first-order chi connectivity index (χ1) is 19.5. The quantitative estimate of drug-likeness (QED) is 0.120. The summed E-state index contributed by atoms with van der Waals surface area (Å²) in [6.45, 7) is 14.3. The molecule has 0 spiro atoms. The van der Waals surface area contributed by atoms with Crippen molar-refractivity contribution in [2.75, 3.05) is 26.1 Å². The Morgan fingerprint density at radius 2 is 1.48 bits per heavy atom. The number of carbonyl (C=O) groups excluding carboxylic acids is 4. The first-order valence-electron chi connectivity index (χ1n) is 13.5. The van der Waals surface area contributed by atoms with Gasteiger partial charge in [0.05, 0.1) is 20.3 Å². The van der Waals surface area contributed by atoms with Gasteiger partial charge in [-0.25, -0.2) is 4.79 Å². The van der Waals surface area contributed by atoms with E-state index in [4.69, 9.17) is 43.3 Å². The van der Waals surface area contributed by atoms with E-state index in [2.05, 4.69) is 33.9 Å². The minimum atomic E-state index is -2.03. The van der Waals surface area contributed by atoms with Gasteiger partial charge in [-0.3, -0.25) is 14.4 Å². The molecule has 0 amide bonds. The zero-order valence-electron chi connectivity index (χ0n) is 25.7. The maximum atomic E-state index is 12.6. The normalized spacial score (nSPS) is 22.5. The van der Waals surface area contributed by atoms with E-state index in [0.29, 0.717) is 18.0 Å². The molecule has 1 fully saturated rings. The summed E-state index contributed by atoms with van der Waals surface area (Å²) in [6, 6.07) is 5.27. The van der Waals surface area contributed by atoms with Crippen molar-refractivity contribution >= 4 is 37.9 Å². The highest BCUT2D eigenvalue weighted by molar-refractivity contribution is 6.74. The van der Waals surface area contributed by atoms with Crippen LogP contribution < -0.4 is 10.5 Å². The second-order valence-electron chi connectivity index (χ2n) is 11.3. The van der Waals surface area contributed by atoms with E-state index < -0.39 is 62.9 Å². The molecular formula is C28H43NO12Si. The molecule has 42 heavy (non-hydrogen) atoms. The maximum Gasteiger partial charge on any atom is 0.339 e. The number of nitrogen functional groups attached to an aromatic ring is 1. The number of carbonyl (C=O) groups is 4. The molecule has 0 radical (unpaired) electrons. The number of hydrogen-bond acceptors (Lipinski definition) is 13. The van der Waals surface area contributed by atoms with Crippen molar-refractivity contribution in [2.45, 2.75) is 97.0 Å². The molecule has 13 nitrogen and oxygen atoms in total. The predicted octanol–water partition coefficient (Wildman–Crippen LogP) is 2.88. The van der Waals surface area contributed by atoms with Crippen LogP contribution in [0.5, 0.6) is 5.75 Å². The highest BCUT2D eigenvalue weighted by Gasteiger charge is 2.55. The fourth-order valence-electron chi connectivity index (χ4n) is 3.83. The largest absolute Gasteiger partial charge is 0.491 e. The third kappa shape index (κ3) is 9.68. The fourth-order valence-corrected chi connectivity index (χ4v) is 4.78. The lowest BCUT2D eigenvalue weighted by molar-refractivity contribution is -0.302. The van der Waals surface area contributed by atoms with Crippen molar-refractivity contribution in [2.24, 2.45) is 0 Å². The van der Waals surface area contributed by atoms with Gasteiger partial charge >= 0.3 is 23.9 Å². The van der Waals surface area contributed by atoms with Crippen LogP contribution in [-0.4, -0.2) is 83.2 Å². The number of nitrogens with two attached hydrogens (primary N) is 1. The third-order valence-electron chi connectivity index (χ3n) is 6.94. The lowest BCUT2D eigenvalue weighted by Gasteiger charge is -2.43. The number of rotatable bonds is 12. The van der Waals surface area contributed by atoms with E-state index in [1.165, 1.54) is 0 Å². The fraction of sp³-hybridized carbons (Fsp3) is 0.643. The molecule has 0 bridgehead atoms. The predicted molar refractivity (Wildman–Crippen MR) is 152 cm³/mol. The van der Waals surface area contributed by atoms with Crippen molar-refractivity contribution in [3.8, 4) is 5.75 Å². The van der Waals surface area contributed by atoms with Crippen molar-refractivity contribution in [3.05, 3.63) is 23.8 Å². The molecule has 1 unspecified atom stereocenters. The molecule has 2 rings (SSSR count). The minimum Gasteiger partial charge on any atom is -0.491 e. The second kappa shape index (κ2) is 14.8. The van der Waals surface area contributed by atoms with Crippen LogP contribution in [0.2, 0.25) is 18.1 Å². The molecule has 1 heterocycles. The average Bonchev–Trinajstić information content (AvgIpc) is 2.86. The van der Waals surface area contributed by atoms with Crippen LogP contribution in [0.25, 0.3) is 0 Å². The Balaban J connectivity index is 2.22. The Bertz CT molecular complexity index is 1120. The molecule has 14 heteroatoms. The van der Waals surface area contributed by atoms with E-state index >= 15 is 0 Å². The number of benzene rings is 1. The zero-order chi connectivity index (χ0) is 31.8. The van der Waals surface area contributed by atoms with Gasteiger partial charge in [-0.1, -0.05) is 26.8 Å². The van der Waals surface area contributed by atoms with Crippen LogP contribution in [0.3, 0.4) is 0 Å². The minimum absolute atomic E-state index is 0.00229. The van der Waals surface area contributed by atoms with Gasteiger partial charge in [0.2, 0.25) is 0 Å². The summed E-state index contributed by atoms with van der Waals surface area (Å²) in [5.41, 5.74) is 7.28. The SMILES string of the molecule is COC(=O)[C@H]1OC(OCCOc2cc(N)ccc2CO[Si](C)(C)C(C)(C)C)[C@H](OC(C)=O)[C@@H](OC(C)=O)[C@@H]1OC(C)=O. The molecule has 0 aromatic heterocycles. The summed E-state index contributed by atoms with van der Waals surface area (Å²) in [4.78, 5) is 48.3. The van der Waals surface area contributed by atoms with Crippen molar-refractivity contribution in [1.29, 1.82) is 0 Å². The number of anilines is 1. The molecule has 0 aliphatic carbocycles. The van der Waals surface area contributed by atoms with Crippen LogP contribution >= 0.6 is 0 Å². The smallest absolute Gasteiger partial charge is 0.339 e. The van der Waals surface area contributed by atoms with Crippen LogP contribution in [0.1, 0.15) is 47.1 Å². The van der Waals surface area contributed by atoms with Crippen molar-refractivity contribution < 1.29 is 56.8 Å². The summed E-state index contributed by atoms with van der Waals surface area (Å²) in [5.74, 6) is -2.75. The van der Waals surface area contributed by atoms with Gasteiger partial charge in [-0.2, -0.15) is 0 Å². The summed E-state index contributed by atoms with van der Waals surface area (Å²) in [5, 5.41) is 0.0225. The Morgan fingerprint density at radius 1 is 0.905 bits per heavy atom. The van der Waals surface area contributed by atoms with Crippen LogP contribution in [0.15, 0.2) is 18.2 Å². The number of ether oxygens (including phenoxy) is 7. The van der Waals surface area contributed by atoms with Crippen molar-refractivity contribution in [3.63, 3.8) is 0 Å². The monoisotopic (exact) mass is 613 g/mol. The molecule has 1 aliphatic heterocycles. The first kappa shape index (κ1) is 35.0. The topological polar surface area (TPSA) is 168 Å². The highest BCUT2D eigenvalue weighted by atomic mass is 28.4. The molecule has 1 saturated heterocycles. The Labute approximate surface area is 247 Å². The number of hydrogen-bond donors (Lipinski definition) is 1. The number of methoxy groups -OCH3 is 1. The molecule has 1 aliphatic rings. The van der Waals surface area contributed by atoms with E-state index in [-0.39, 0.29) is 18.3 Å². The lowest BCUT2D eigenvalue weighted by Crippen LogP contribution is -2.64. The molecule has 0 saturated carbocycles. The second-order valence-corrected chi connectivity index (χ2v) is 16.1. The van der Waals surface area contributed by atoms with Gasteiger partial charge in [-0.15, -0.1) is 0 Å². The molecule has 236 valence electrons. The van der Waals surface area contributed by atoms with Gasteiger partial charge < -0.3 is 43.3 Å². The molecule has 5 atom stereocenters. The van der Waals surface area contributed by atoms with Gasteiger partial charge in [0.15, 0.2) is 39.0 Å². The van der Waals surface area contributed by atoms with Gasteiger partial charge in [0.1, 0.15) is 12.4 Å². The highest BCUT2D eigenvalue weighted by Crippen LogP contribution is 2.38. The van der Waals surface area contributed by atoms with Crippen LogP contribution in [0, 0.1) is 0 Å². The van der Waals surface area contributed by atoms with Crippen molar-refractivity contribution in [1.82, 2.24) is 0 Å². The Morgan fingerprint density at radius 3 is 2.02 bits per heavy atom. The van der Waals surface area contributed by atoms with Gasteiger partial charge in [0, 0.05) is 38.1 Å². The summed E-state index contributed by atoms with van der Waals surface area (Å²) in [6.07, 6.45) is -7.27. The summed E-state index contributed by atoms with van der Waals surface area (Å²) >= 11 is 0. The van der Waals surface area contributed by atoms with Gasteiger partial charge in [0.25, 0.3) is 0 Å². The molecular weight excluding hydrogens is 570 g/mol. The average molecular weight is 614 g/mol. The Kier molecular flexibility index (Phi) is 12.3. The Hall–Kier alpha value is -3.20. The maximum absolute atomic E-state index is 12.6. The summed E-state index contributed by atoms with van der Waals surface area (Å²) < 4.78 is 44.6. The molecule has 2 N–H and O–H groups in total. The van der Waals surface area contributed by atoms with E-state index in [1.807, 2.05) is 6.07 Å².